The average molecular weight is 260 g/mol. The standard InChI is InChI=1S/C14H20N4O/c1-4-12-6-11(7-13(16)17-12)14(19)18(5-2)9-10(3)8-15/h6-7,10H,4-5,9H2,1-3H3,(H2,16,17). The highest BCUT2D eigenvalue weighted by molar-refractivity contribution is 5.95. The molecule has 5 nitrogen and oxygen atoms in total. The summed E-state index contributed by atoms with van der Waals surface area (Å²) in [4.78, 5) is 18.2. The van der Waals surface area contributed by atoms with Gasteiger partial charge in [0.15, 0.2) is 0 Å². The molecule has 1 aromatic heterocycles. The van der Waals surface area contributed by atoms with E-state index in [0.29, 0.717) is 24.5 Å². The van der Waals surface area contributed by atoms with Crippen LogP contribution in [0.3, 0.4) is 0 Å². The van der Waals surface area contributed by atoms with Gasteiger partial charge in [0.1, 0.15) is 5.82 Å². The second-order valence-corrected chi connectivity index (χ2v) is 4.50. The minimum Gasteiger partial charge on any atom is -0.384 e. The first-order valence-electron chi connectivity index (χ1n) is 6.47. The summed E-state index contributed by atoms with van der Waals surface area (Å²) in [5.74, 6) is 0.0641. The van der Waals surface area contributed by atoms with Crippen LogP contribution < -0.4 is 5.73 Å². The molecule has 1 atom stereocenters. The molecule has 1 amide bonds. The molecule has 0 fully saturated rings. The van der Waals surface area contributed by atoms with Crippen LogP contribution in [0.25, 0.3) is 0 Å². The fourth-order valence-electron chi connectivity index (χ4n) is 1.83. The summed E-state index contributed by atoms with van der Waals surface area (Å²) in [5.41, 5.74) is 7.04. The molecular formula is C14H20N4O. The third-order valence-corrected chi connectivity index (χ3v) is 2.89. The van der Waals surface area contributed by atoms with Crippen molar-refractivity contribution in [1.82, 2.24) is 9.88 Å². The van der Waals surface area contributed by atoms with Gasteiger partial charge in [-0.2, -0.15) is 5.26 Å². The van der Waals surface area contributed by atoms with Gasteiger partial charge in [-0.15, -0.1) is 0 Å². The Hall–Kier alpha value is -2.09. The maximum absolute atomic E-state index is 12.4. The van der Waals surface area contributed by atoms with E-state index in [-0.39, 0.29) is 11.8 Å². The zero-order valence-corrected chi connectivity index (χ0v) is 11.7. The Balaban J connectivity index is 2.97. The van der Waals surface area contributed by atoms with Gasteiger partial charge >= 0.3 is 0 Å². The Kier molecular flexibility index (Phi) is 5.31. The Morgan fingerprint density at radius 3 is 2.74 bits per heavy atom. The normalized spacial score (nSPS) is 11.7. The van der Waals surface area contributed by atoms with Crippen molar-refractivity contribution < 1.29 is 4.79 Å². The highest BCUT2D eigenvalue weighted by Crippen LogP contribution is 2.12. The number of carbonyl (C=O) groups is 1. The number of pyridine rings is 1. The Morgan fingerprint density at radius 1 is 1.53 bits per heavy atom. The lowest BCUT2D eigenvalue weighted by molar-refractivity contribution is 0.0752. The van der Waals surface area contributed by atoms with Crippen molar-refractivity contribution in [1.29, 1.82) is 5.26 Å². The first-order valence-corrected chi connectivity index (χ1v) is 6.47. The van der Waals surface area contributed by atoms with Crippen LogP contribution in [0.2, 0.25) is 0 Å². The molecule has 0 saturated heterocycles. The summed E-state index contributed by atoms with van der Waals surface area (Å²) in [7, 11) is 0. The molecule has 0 aromatic carbocycles. The molecule has 1 rings (SSSR count). The molecule has 1 unspecified atom stereocenters. The minimum atomic E-state index is -0.186. The molecule has 0 saturated carbocycles. The minimum absolute atomic E-state index is 0.103. The van der Waals surface area contributed by atoms with E-state index in [4.69, 9.17) is 11.0 Å². The van der Waals surface area contributed by atoms with E-state index in [1.54, 1.807) is 24.0 Å². The number of aromatic nitrogens is 1. The third kappa shape index (κ3) is 3.95. The molecule has 5 heteroatoms. The van der Waals surface area contributed by atoms with Crippen LogP contribution >= 0.6 is 0 Å². The topological polar surface area (TPSA) is 83.0 Å². The van der Waals surface area contributed by atoms with Gasteiger partial charge in [-0.1, -0.05) is 6.92 Å². The van der Waals surface area contributed by atoms with Crippen LogP contribution in [0.15, 0.2) is 12.1 Å². The Morgan fingerprint density at radius 2 is 2.21 bits per heavy atom. The van der Waals surface area contributed by atoms with Crippen molar-refractivity contribution in [2.75, 3.05) is 18.8 Å². The fraction of sp³-hybridized carbons (Fsp3) is 0.500. The number of rotatable bonds is 5. The van der Waals surface area contributed by atoms with Crippen LogP contribution in [0, 0.1) is 17.2 Å². The lowest BCUT2D eigenvalue weighted by Gasteiger charge is -2.22. The predicted molar refractivity (Wildman–Crippen MR) is 74.4 cm³/mol. The van der Waals surface area contributed by atoms with Crippen LogP contribution in [0.4, 0.5) is 5.82 Å². The quantitative estimate of drug-likeness (QED) is 0.875. The molecule has 0 aliphatic rings. The number of nitrogens with two attached hydrogens (primary N) is 1. The Bertz CT molecular complexity index is 493. The fourth-order valence-corrected chi connectivity index (χ4v) is 1.83. The van der Waals surface area contributed by atoms with Crippen molar-refractivity contribution in [3.63, 3.8) is 0 Å². The predicted octanol–water partition coefficient (Wildman–Crippen LogP) is 1.85. The number of aryl methyl sites for hydroxylation is 1. The average Bonchev–Trinajstić information content (AvgIpc) is 2.42. The molecular weight excluding hydrogens is 240 g/mol. The largest absolute Gasteiger partial charge is 0.384 e. The molecule has 19 heavy (non-hydrogen) atoms. The summed E-state index contributed by atoms with van der Waals surface area (Å²) in [6.07, 6.45) is 0.728. The number of hydrogen-bond acceptors (Lipinski definition) is 4. The molecule has 0 radical (unpaired) electrons. The van der Waals surface area contributed by atoms with Crippen LogP contribution in [0.1, 0.15) is 36.8 Å². The van der Waals surface area contributed by atoms with Crippen LogP contribution in [-0.2, 0) is 6.42 Å². The second kappa shape index (κ2) is 6.74. The summed E-state index contributed by atoms with van der Waals surface area (Å²) in [6.45, 7) is 6.65. The van der Waals surface area contributed by atoms with Crippen LogP contribution in [0.5, 0.6) is 0 Å². The smallest absolute Gasteiger partial charge is 0.254 e. The van der Waals surface area contributed by atoms with Gasteiger partial charge in [0.05, 0.1) is 12.0 Å². The summed E-state index contributed by atoms with van der Waals surface area (Å²) < 4.78 is 0. The number of nitriles is 1. The van der Waals surface area contributed by atoms with Gasteiger partial charge in [0.2, 0.25) is 0 Å². The molecule has 0 bridgehead atoms. The van der Waals surface area contributed by atoms with E-state index < -0.39 is 0 Å². The molecule has 0 aliphatic heterocycles. The zero-order valence-electron chi connectivity index (χ0n) is 11.7. The highest BCUT2D eigenvalue weighted by Gasteiger charge is 2.17. The van der Waals surface area contributed by atoms with Gasteiger partial charge in [0.25, 0.3) is 5.91 Å². The number of carbonyl (C=O) groups excluding carboxylic acids is 1. The van der Waals surface area contributed by atoms with Crippen molar-refractivity contribution in [2.45, 2.75) is 27.2 Å². The van der Waals surface area contributed by atoms with E-state index in [9.17, 15) is 4.79 Å². The van der Waals surface area contributed by atoms with Crippen molar-refractivity contribution >= 4 is 11.7 Å². The van der Waals surface area contributed by atoms with Gasteiger partial charge in [0, 0.05) is 24.3 Å². The number of nitrogen functional groups attached to an aromatic ring is 1. The van der Waals surface area contributed by atoms with E-state index in [0.717, 1.165) is 12.1 Å². The SMILES string of the molecule is CCc1cc(C(=O)N(CC)CC(C)C#N)cc(N)n1. The van der Waals surface area contributed by atoms with Crippen molar-refractivity contribution in [2.24, 2.45) is 5.92 Å². The first-order chi connectivity index (χ1) is 9.01. The third-order valence-electron chi connectivity index (χ3n) is 2.89. The van der Waals surface area contributed by atoms with E-state index in [1.807, 2.05) is 13.8 Å². The number of anilines is 1. The molecule has 1 aromatic rings. The summed E-state index contributed by atoms with van der Waals surface area (Å²) in [5, 5.41) is 8.84. The number of hydrogen-bond donors (Lipinski definition) is 1. The van der Waals surface area contributed by atoms with E-state index in [2.05, 4.69) is 11.1 Å². The zero-order chi connectivity index (χ0) is 14.4. The first kappa shape index (κ1) is 15.0. The monoisotopic (exact) mass is 260 g/mol. The second-order valence-electron chi connectivity index (χ2n) is 4.50. The highest BCUT2D eigenvalue weighted by atomic mass is 16.2. The lowest BCUT2D eigenvalue weighted by atomic mass is 10.1. The Labute approximate surface area is 114 Å². The van der Waals surface area contributed by atoms with E-state index >= 15 is 0 Å². The van der Waals surface area contributed by atoms with Gasteiger partial charge in [-0.05, 0) is 32.4 Å². The molecule has 0 spiro atoms. The van der Waals surface area contributed by atoms with Gasteiger partial charge in [-0.3, -0.25) is 4.79 Å². The summed E-state index contributed by atoms with van der Waals surface area (Å²) in [6, 6.07) is 5.49. The van der Waals surface area contributed by atoms with Crippen LogP contribution in [-0.4, -0.2) is 28.9 Å². The van der Waals surface area contributed by atoms with E-state index in [1.165, 1.54) is 0 Å². The molecule has 0 aliphatic carbocycles. The van der Waals surface area contributed by atoms with Gasteiger partial charge in [-0.25, -0.2) is 4.98 Å². The maximum Gasteiger partial charge on any atom is 0.254 e. The van der Waals surface area contributed by atoms with Gasteiger partial charge < -0.3 is 10.6 Å². The maximum atomic E-state index is 12.4. The molecule has 2 N–H and O–H groups in total. The number of amides is 1. The van der Waals surface area contributed by atoms with Crippen molar-refractivity contribution in [3.8, 4) is 6.07 Å². The van der Waals surface area contributed by atoms with Crippen molar-refractivity contribution in [3.05, 3.63) is 23.4 Å². The summed E-state index contributed by atoms with van der Waals surface area (Å²) >= 11 is 0. The number of nitrogens with zero attached hydrogens (tertiary/aromatic N) is 3. The molecule has 102 valence electrons. The molecule has 1 heterocycles. The lowest BCUT2D eigenvalue weighted by Crippen LogP contribution is -2.34.